The summed E-state index contributed by atoms with van der Waals surface area (Å²) in [7, 11) is -0.994. The minimum Gasteiger partial charge on any atom is -0.494 e. The van der Waals surface area contributed by atoms with Crippen LogP contribution in [0.5, 0.6) is 5.75 Å². The van der Waals surface area contributed by atoms with Crippen molar-refractivity contribution in [2.24, 2.45) is 0 Å². The first kappa shape index (κ1) is 19.9. The van der Waals surface area contributed by atoms with E-state index in [-0.39, 0.29) is 17.0 Å². The molecule has 0 spiro atoms. The Morgan fingerprint density at radius 1 is 1.15 bits per heavy atom. The van der Waals surface area contributed by atoms with Crippen LogP contribution in [0.15, 0.2) is 47.4 Å². The minimum absolute atomic E-state index is 0.0481. The zero-order valence-corrected chi connectivity index (χ0v) is 16.2. The van der Waals surface area contributed by atoms with Crippen LogP contribution in [0.25, 0.3) is 0 Å². The van der Waals surface area contributed by atoms with Crippen LogP contribution in [0.1, 0.15) is 28.4 Å². The zero-order chi connectivity index (χ0) is 19.3. The molecular formula is C19H23NO5S. The SMILES string of the molecule is CCOc1cccc(CN(C)S(=O)(=O)c2ccc(C)c(C(=O)OC)c2)c1. The molecule has 0 saturated carbocycles. The van der Waals surface area contributed by atoms with Crippen LogP contribution in [0, 0.1) is 6.92 Å². The molecule has 0 aliphatic carbocycles. The Kier molecular flexibility index (Phi) is 6.39. The second-order valence-electron chi connectivity index (χ2n) is 5.81. The summed E-state index contributed by atoms with van der Waals surface area (Å²) in [6, 6.07) is 11.7. The van der Waals surface area contributed by atoms with Crippen molar-refractivity contribution in [2.75, 3.05) is 20.8 Å². The zero-order valence-electron chi connectivity index (χ0n) is 15.4. The van der Waals surface area contributed by atoms with Crippen molar-refractivity contribution in [3.63, 3.8) is 0 Å². The predicted octanol–water partition coefficient (Wildman–Crippen LogP) is 3.00. The lowest BCUT2D eigenvalue weighted by Gasteiger charge is -2.18. The van der Waals surface area contributed by atoms with Gasteiger partial charge in [-0.15, -0.1) is 0 Å². The molecule has 2 aromatic carbocycles. The number of carbonyl (C=O) groups is 1. The lowest BCUT2D eigenvalue weighted by Crippen LogP contribution is -2.26. The van der Waals surface area contributed by atoms with E-state index in [1.165, 1.54) is 30.6 Å². The van der Waals surface area contributed by atoms with Gasteiger partial charge in [0.2, 0.25) is 10.0 Å². The van der Waals surface area contributed by atoms with Crippen LogP contribution in [0.4, 0.5) is 0 Å². The van der Waals surface area contributed by atoms with E-state index in [0.717, 1.165) is 5.56 Å². The van der Waals surface area contributed by atoms with E-state index >= 15 is 0 Å². The van der Waals surface area contributed by atoms with E-state index in [4.69, 9.17) is 9.47 Å². The van der Waals surface area contributed by atoms with Crippen LogP contribution >= 0.6 is 0 Å². The molecule has 0 aromatic heterocycles. The molecule has 0 radical (unpaired) electrons. The number of hydrogen-bond donors (Lipinski definition) is 0. The molecule has 0 unspecified atom stereocenters. The average Bonchev–Trinajstić information content (AvgIpc) is 2.61. The third kappa shape index (κ3) is 4.42. The summed E-state index contributed by atoms with van der Waals surface area (Å²) in [5, 5.41) is 0. The molecule has 0 atom stereocenters. The van der Waals surface area contributed by atoms with Crippen molar-refractivity contribution < 1.29 is 22.7 Å². The van der Waals surface area contributed by atoms with Gasteiger partial charge in [-0.05, 0) is 49.2 Å². The molecule has 26 heavy (non-hydrogen) atoms. The Morgan fingerprint density at radius 2 is 1.88 bits per heavy atom. The number of rotatable bonds is 7. The maximum atomic E-state index is 12.9. The van der Waals surface area contributed by atoms with Crippen molar-refractivity contribution in [1.82, 2.24) is 4.31 Å². The highest BCUT2D eigenvalue weighted by Gasteiger charge is 2.23. The van der Waals surface area contributed by atoms with Gasteiger partial charge in [-0.1, -0.05) is 18.2 Å². The van der Waals surface area contributed by atoms with Gasteiger partial charge in [0.1, 0.15) is 5.75 Å². The van der Waals surface area contributed by atoms with Crippen LogP contribution in [0.3, 0.4) is 0 Å². The van der Waals surface area contributed by atoms with E-state index < -0.39 is 16.0 Å². The van der Waals surface area contributed by atoms with Gasteiger partial charge in [-0.2, -0.15) is 4.31 Å². The molecule has 140 valence electrons. The number of benzene rings is 2. The first-order chi connectivity index (χ1) is 12.3. The van der Waals surface area contributed by atoms with Gasteiger partial charge in [-0.3, -0.25) is 0 Å². The molecule has 7 heteroatoms. The number of carbonyl (C=O) groups excluding carboxylic acids is 1. The normalized spacial score (nSPS) is 11.4. The highest BCUT2D eigenvalue weighted by molar-refractivity contribution is 7.89. The monoisotopic (exact) mass is 377 g/mol. The fourth-order valence-electron chi connectivity index (χ4n) is 2.51. The molecule has 0 saturated heterocycles. The molecule has 0 fully saturated rings. The minimum atomic E-state index is -3.76. The summed E-state index contributed by atoms with van der Waals surface area (Å²) in [5.41, 5.74) is 1.70. The van der Waals surface area contributed by atoms with Crippen molar-refractivity contribution in [2.45, 2.75) is 25.3 Å². The van der Waals surface area contributed by atoms with E-state index in [1.807, 2.05) is 31.2 Å². The highest BCUT2D eigenvalue weighted by Crippen LogP contribution is 2.22. The summed E-state index contributed by atoms with van der Waals surface area (Å²) in [6.07, 6.45) is 0. The Morgan fingerprint density at radius 3 is 2.54 bits per heavy atom. The molecule has 0 bridgehead atoms. The highest BCUT2D eigenvalue weighted by atomic mass is 32.2. The summed E-state index contributed by atoms with van der Waals surface area (Å²) < 4.78 is 37.1. The summed E-state index contributed by atoms with van der Waals surface area (Å²) in [5.74, 6) is 0.130. The number of hydrogen-bond acceptors (Lipinski definition) is 5. The van der Waals surface area contributed by atoms with Gasteiger partial charge in [0.15, 0.2) is 0 Å². The number of nitrogens with zero attached hydrogens (tertiary/aromatic N) is 1. The Bertz CT molecular complexity index is 893. The van der Waals surface area contributed by atoms with Crippen LogP contribution < -0.4 is 4.74 Å². The summed E-state index contributed by atoms with van der Waals surface area (Å²) in [4.78, 5) is 11.9. The maximum Gasteiger partial charge on any atom is 0.338 e. The van der Waals surface area contributed by atoms with E-state index in [9.17, 15) is 13.2 Å². The fourth-order valence-corrected chi connectivity index (χ4v) is 3.70. The van der Waals surface area contributed by atoms with Gasteiger partial charge in [0.05, 0.1) is 24.2 Å². The molecule has 2 aromatic rings. The van der Waals surface area contributed by atoms with Crippen LogP contribution in [0.2, 0.25) is 0 Å². The molecule has 0 heterocycles. The number of methoxy groups -OCH3 is 1. The van der Waals surface area contributed by atoms with Crippen molar-refractivity contribution >= 4 is 16.0 Å². The second-order valence-corrected chi connectivity index (χ2v) is 7.85. The molecule has 0 N–H and O–H groups in total. The lowest BCUT2D eigenvalue weighted by atomic mass is 10.1. The lowest BCUT2D eigenvalue weighted by molar-refractivity contribution is 0.0599. The average molecular weight is 377 g/mol. The quantitative estimate of drug-likeness (QED) is 0.694. The summed E-state index contributed by atoms with van der Waals surface area (Å²) in [6.45, 7) is 4.34. The maximum absolute atomic E-state index is 12.9. The van der Waals surface area contributed by atoms with Gasteiger partial charge in [0.25, 0.3) is 0 Å². The first-order valence-electron chi connectivity index (χ1n) is 8.16. The fraction of sp³-hybridized carbons (Fsp3) is 0.316. The van der Waals surface area contributed by atoms with Crippen molar-refractivity contribution in [3.8, 4) is 5.75 Å². The van der Waals surface area contributed by atoms with Crippen LogP contribution in [-0.4, -0.2) is 39.5 Å². The molecule has 0 amide bonds. The van der Waals surface area contributed by atoms with E-state index in [1.54, 1.807) is 13.0 Å². The Balaban J connectivity index is 2.29. The van der Waals surface area contributed by atoms with Gasteiger partial charge < -0.3 is 9.47 Å². The largest absolute Gasteiger partial charge is 0.494 e. The Hall–Kier alpha value is -2.38. The smallest absolute Gasteiger partial charge is 0.338 e. The molecule has 6 nitrogen and oxygen atoms in total. The molecule has 0 aliphatic rings. The first-order valence-corrected chi connectivity index (χ1v) is 9.60. The topological polar surface area (TPSA) is 72.9 Å². The van der Waals surface area contributed by atoms with Crippen molar-refractivity contribution in [3.05, 3.63) is 59.2 Å². The van der Waals surface area contributed by atoms with E-state index in [2.05, 4.69) is 0 Å². The van der Waals surface area contributed by atoms with Gasteiger partial charge in [-0.25, -0.2) is 13.2 Å². The number of ether oxygens (including phenoxy) is 2. The van der Waals surface area contributed by atoms with Gasteiger partial charge in [0, 0.05) is 13.6 Å². The van der Waals surface area contributed by atoms with Crippen molar-refractivity contribution in [1.29, 1.82) is 0 Å². The molecular weight excluding hydrogens is 354 g/mol. The summed E-state index contributed by atoms with van der Waals surface area (Å²) >= 11 is 0. The number of aryl methyl sites for hydroxylation is 1. The third-order valence-corrected chi connectivity index (χ3v) is 5.74. The standard InChI is InChI=1S/C19H23NO5S/c1-5-25-16-8-6-7-15(11-16)13-20(3)26(22,23)17-10-9-14(2)18(12-17)19(21)24-4/h6-12H,5,13H2,1-4H3. The number of sulfonamides is 1. The van der Waals surface area contributed by atoms with E-state index in [0.29, 0.717) is 17.9 Å². The van der Waals surface area contributed by atoms with Crippen LogP contribution in [-0.2, 0) is 21.3 Å². The second kappa shape index (κ2) is 8.33. The third-order valence-electron chi connectivity index (χ3n) is 3.94. The predicted molar refractivity (Wildman–Crippen MR) is 98.8 cm³/mol. The molecule has 0 aliphatic heterocycles. The molecule has 2 rings (SSSR count). The van der Waals surface area contributed by atoms with Gasteiger partial charge >= 0.3 is 5.97 Å². The number of esters is 1. The Labute approximate surface area is 154 Å².